The van der Waals surface area contributed by atoms with Crippen LogP contribution in [0.3, 0.4) is 0 Å². The molecule has 0 saturated carbocycles. The van der Waals surface area contributed by atoms with Crippen LogP contribution in [0.5, 0.6) is 5.75 Å². The Morgan fingerprint density at radius 1 is 1.17 bits per heavy atom. The molecule has 7 heteroatoms. The number of ether oxygens (including phenoxy) is 1. The molecule has 1 aromatic carbocycles. The molecule has 0 aliphatic carbocycles. The summed E-state index contributed by atoms with van der Waals surface area (Å²) in [5, 5.41) is 3.00. The van der Waals surface area contributed by atoms with Crippen LogP contribution in [0.15, 0.2) is 41.2 Å². The average Bonchev–Trinajstić information content (AvgIpc) is 2.97. The number of hydrogen-bond acceptors (Lipinski definition) is 5. The highest BCUT2D eigenvalue weighted by molar-refractivity contribution is 6.00. The van der Waals surface area contributed by atoms with E-state index in [1.807, 2.05) is 37.3 Å². The highest BCUT2D eigenvalue weighted by Crippen LogP contribution is 2.39. The molecule has 1 fully saturated rings. The lowest BCUT2D eigenvalue weighted by Gasteiger charge is -2.37. The first-order valence-corrected chi connectivity index (χ1v) is 10.1. The number of hydrogen-bond donors (Lipinski definition) is 1. The van der Waals surface area contributed by atoms with Crippen molar-refractivity contribution >= 4 is 11.4 Å². The number of carbonyl (C=O) groups excluding carboxylic acids is 1. The second-order valence-electron chi connectivity index (χ2n) is 8.23. The summed E-state index contributed by atoms with van der Waals surface area (Å²) >= 11 is 0. The third-order valence-electron chi connectivity index (χ3n) is 6.00. The number of aromatic nitrogens is 3. The van der Waals surface area contributed by atoms with Crippen LogP contribution in [0.25, 0.3) is 5.65 Å². The first-order chi connectivity index (χ1) is 14.0. The molecule has 1 spiro atoms. The summed E-state index contributed by atoms with van der Waals surface area (Å²) in [7, 11) is 0. The standard InChI is InChI=1S/C22H24N4O3/c1-15-11-20-23-16(12-21(28)26(20)24-15)14-25-9-4-7-22(8-10-25)13-18(27)17-5-2-3-6-19(17)29-22/h2-3,5-6,11-12,24H,4,7-10,13-14H2,1H3. The number of rotatable bonds is 2. The number of carbonyl (C=O) groups is 1. The Kier molecular flexibility index (Phi) is 4.28. The van der Waals surface area contributed by atoms with Gasteiger partial charge in [0.15, 0.2) is 11.4 Å². The fourth-order valence-corrected chi connectivity index (χ4v) is 4.57. The maximum Gasteiger partial charge on any atom is 0.272 e. The minimum atomic E-state index is -0.422. The fraction of sp³-hybridized carbons (Fsp3) is 0.409. The van der Waals surface area contributed by atoms with Gasteiger partial charge in [-0.1, -0.05) is 12.1 Å². The van der Waals surface area contributed by atoms with Crippen molar-refractivity contribution in [1.29, 1.82) is 0 Å². The molecule has 2 aliphatic heterocycles. The number of aryl methyl sites for hydroxylation is 1. The van der Waals surface area contributed by atoms with Gasteiger partial charge in [0, 0.05) is 37.3 Å². The number of nitrogens with zero attached hydrogens (tertiary/aromatic N) is 3. The van der Waals surface area contributed by atoms with E-state index >= 15 is 0 Å². The van der Waals surface area contributed by atoms with Crippen LogP contribution in [-0.2, 0) is 6.54 Å². The monoisotopic (exact) mass is 392 g/mol. The van der Waals surface area contributed by atoms with Crippen LogP contribution in [-0.4, -0.2) is 44.0 Å². The molecule has 1 N–H and O–H groups in total. The van der Waals surface area contributed by atoms with Crippen LogP contribution < -0.4 is 10.3 Å². The second-order valence-corrected chi connectivity index (χ2v) is 8.23. The second kappa shape index (κ2) is 6.84. The quantitative estimate of drug-likeness (QED) is 0.725. The van der Waals surface area contributed by atoms with Gasteiger partial charge in [-0.15, -0.1) is 0 Å². The number of para-hydroxylation sites is 1. The van der Waals surface area contributed by atoms with E-state index in [4.69, 9.17) is 4.74 Å². The largest absolute Gasteiger partial charge is 0.486 e. The Hall–Kier alpha value is -2.93. The molecule has 4 heterocycles. The molecule has 1 saturated heterocycles. The molecule has 150 valence electrons. The third kappa shape index (κ3) is 3.35. The number of nitrogens with one attached hydrogen (secondary N) is 1. The van der Waals surface area contributed by atoms with Gasteiger partial charge in [-0.2, -0.15) is 0 Å². The zero-order chi connectivity index (χ0) is 20.0. The molecule has 1 atom stereocenters. The maximum absolute atomic E-state index is 12.7. The van der Waals surface area contributed by atoms with Gasteiger partial charge in [-0.3, -0.25) is 19.6 Å². The summed E-state index contributed by atoms with van der Waals surface area (Å²) in [4.78, 5) is 31.9. The van der Waals surface area contributed by atoms with E-state index in [2.05, 4.69) is 15.0 Å². The van der Waals surface area contributed by atoms with Crippen LogP contribution >= 0.6 is 0 Å². The number of benzene rings is 1. The van der Waals surface area contributed by atoms with Crippen molar-refractivity contribution in [1.82, 2.24) is 19.5 Å². The van der Waals surface area contributed by atoms with Crippen molar-refractivity contribution in [2.45, 2.75) is 44.8 Å². The van der Waals surface area contributed by atoms with Crippen LogP contribution in [0.2, 0.25) is 0 Å². The molecule has 2 aromatic heterocycles. The molecular formula is C22H24N4O3. The van der Waals surface area contributed by atoms with Gasteiger partial charge in [-0.25, -0.2) is 9.50 Å². The summed E-state index contributed by atoms with van der Waals surface area (Å²) in [6, 6.07) is 11.0. The molecule has 5 rings (SSSR count). The molecule has 0 radical (unpaired) electrons. The highest BCUT2D eigenvalue weighted by atomic mass is 16.5. The average molecular weight is 392 g/mol. The fourth-order valence-electron chi connectivity index (χ4n) is 4.57. The van der Waals surface area contributed by atoms with E-state index in [1.165, 1.54) is 4.52 Å². The lowest BCUT2D eigenvalue weighted by molar-refractivity contribution is 0.0298. The third-order valence-corrected chi connectivity index (χ3v) is 6.00. The maximum atomic E-state index is 12.7. The smallest absolute Gasteiger partial charge is 0.272 e. The Labute approximate surface area is 168 Å². The molecular weight excluding hydrogens is 368 g/mol. The topological polar surface area (TPSA) is 79.7 Å². The number of H-pyrrole nitrogens is 1. The SMILES string of the molecule is Cc1cc2nc(CN3CCCC4(CC3)CC(=O)c3ccccc3O4)cc(=O)n2[nH]1. The van der Waals surface area contributed by atoms with E-state index in [1.54, 1.807) is 6.07 Å². The van der Waals surface area contributed by atoms with Gasteiger partial charge in [0.25, 0.3) is 5.56 Å². The van der Waals surface area contributed by atoms with Gasteiger partial charge >= 0.3 is 0 Å². The van der Waals surface area contributed by atoms with E-state index in [0.29, 0.717) is 29.9 Å². The predicted molar refractivity (Wildman–Crippen MR) is 108 cm³/mol. The predicted octanol–water partition coefficient (Wildman–Crippen LogP) is 2.72. The van der Waals surface area contributed by atoms with Crippen molar-refractivity contribution in [3.63, 3.8) is 0 Å². The Morgan fingerprint density at radius 3 is 2.93 bits per heavy atom. The van der Waals surface area contributed by atoms with Gasteiger partial charge in [0.05, 0.1) is 17.7 Å². The first-order valence-electron chi connectivity index (χ1n) is 10.1. The lowest BCUT2D eigenvalue weighted by Crippen LogP contribution is -2.42. The molecule has 29 heavy (non-hydrogen) atoms. The van der Waals surface area contributed by atoms with E-state index in [0.717, 1.165) is 43.7 Å². The van der Waals surface area contributed by atoms with Crippen molar-refractivity contribution < 1.29 is 9.53 Å². The van der Waals surface area contributed by atoms with Crippen LogP contribution in [0.1, 0.15) is 47.4 Å². The van der Waals surface area contributed by atoms with Crippen molar-refractivity contribution in [3.05, 3.63) is 63.7 Å². The minimum absolute atomic E-state index is 0.0952. The van der Waals surface area contributed by atoms with Gasteiger partial charge in [0.2, 0.25) is 0 Å². The Balaban J connectivity index is 1.33. The number of aromatic amines is 1. The number of likely N-dealkylation sites (tertiary alicyclic amines) is 1. The summed E-state index contributed by atoms with van der Waals surface area (Å²) in [5.41, 5.74) is 2.50. The lowest BCUT2D eigenvalue weighted by atomic mass is 9.84. The Morgan fingerprint density at radius 2 is 2.03 bits per heavy atom. The molecule has 0 amide bonds. The molecule has 2 aliphatic rings. The molecule has 0 bridgehead atoms. The van der Waals surface area contributed by atoms with Gasteiger partial charge < -0.3 is 4.74 Å². The van der Waals surface area contributed by atoms with Crippen LogP contribution in [0.4, 0.5) is 0 Å². The summed E-state index contributed by atoms with van der Waals surface area (Å²) in [6.07, 6.45) is 3.03. The zero-order valence-electron chi connectivity index (χ0n) is 16.5. The zero-order valence-corrected chi connectivity index (χ0v) is 16.5. The van der Waals surface area contributed by atoms with Gasteiger partial charge in [0.1, 0.15) is 11.4 Å². The minimum Gasteiger partial charge on any atom is -0.486 e. The summed E-state index contributed by atoms with van der Waals surface area (Å²) in [6.45, 7) is 4.24. The molecule has 1 unspecified atom stereocenters. The summed E-state index contributed by atoms with van der Waals surface area (Å²) in [5.74, 6) is 0.878. The van der Waals surface area contributed by atoms with E-state index < -0.39 is 5.60 Å². The van der Waals surface area contributed by atoms with Crippen LogP contribution in [0, 0.1) is 6.92 Å². The van der Waals surface area contributed by atoms with Crippen molar-refractivity contribution in [2.24, 2.45) is 0 Å². The van der Waals surface area contributed by atoms with Gasteiger partial charge in [-0.05, 0) is 38.4 Å². The highest BCUT2D eigenvalue weighted by Gasteiger charge is 2.41. The normalized spacial score (nSPS) is 22.4. The van der Waals surface area contributed by atoms with Crippen molar-refractivity contribution in [3.8, 4) is 5.75 Å². The Bertz CT molecular complexity index is 1150. The molecule has 3 aromatic rings. The summed E-state index contributed by atoms with van der Waals surface area (Å²) < 4.78 is 7.84. The van der Waals surface area contributed by atoms with Crippen molar-refractivity contribution in [2.75, 3.05) is 13.1 Å². The number of ketones is 1. The number of fused-ring (bicyclic) bond motifs is 2. The molecule has 7 nitrogen and oxygen atoms in total. The number of Topliss-reactive ketones (excluding diaryl/α,β-unsaturated/α-hetero) is 1. The van der Waals surface area contributed by atoms with E-state index in [-0.39, 0.29) is 11.3 Å². The van der Waals surface area contributed by atoms with E-state index in [9.17, 15) is 9.59 Å². The first kappa shape index (κ1) is 18.1.